The van der Waals surface area contributed by atoms with Crippen molar-refractivity contribution in [1.82, 2.24) is 5.43 Å². The van der Waals surface area contributed by atoms with E-state index in [2.05, 4.69) is 37.3 Å². The van der Waals surface area contributed by atoms with Crippen molar-refractivity contribution in [1.29, 1.82) is 0 Å². The van der Waals surface area contributed by atoms with E-state index in [0.29, 0.717) is 16.4 Å². The number of hydrogen-bond donors (Lipinski definition) is 2. The Morgan fingerprint density at radius 1 is 1.33 bits per heavy atom. The molecule has 5 nitrogen and oxygen atoms in total. The van der Waals surface area contributed by atoms with Crippen molar-refractivity contribution >= 4 is 49.1 Å². The van der Waals surface area contributed by atoms with Crippen LogP contribution in [0, 0.1) is 0 Å². The summed E-state index contributed by atoms with van der Waals surface area (Å²) in [5.41, 5.74) is 2.90. The molecule has 0 saturated carbocycles. The Morgan fingerprint density at radius 3 is 2.67 bits per heavy atom. The first-order valence-corrected chi connectivity index (χ1v) is 8.26. The number of hydrogen-bond acceptors (Lipinski definition) is 5. The molecule has 0 unspecified atom stereocenters. The van der Waals surface area contributed by atoms with Crippen LogP contribution >= 0.6 is 43.2 Å². The fraction of sp³-hybridized carbons (Fsp3) is 0.154. The van der Waals surface area contributed by atoms with Gasteiger partial charge in [0.15, 0.2) is 0 Å². The highest BCUT2D eigenvalue weighted by molar-refractivity contribution is 9.11. The zero-order valence-corrected chi connectivity index (χ0v) is 15.0. The number of carbonyl (C=O) groups excluding carboxylic acids is 1. The standard InChI is InChI=1S/C13H12Br2N2O3S/c1-19-10-4-9(15)11(5-8(10)14)20-6-7-2-3-21-12(7)13(18)17-16/h2-5H,6,16H2,1H3,(H,17,18). The van der Waals surface area contributed by atoms with Crippen molar-refractivity contribution in [3.05, 3.63) is 43.0 Å². The molecule has 1 heterocycles. The molecule has 1 aromatic heterocycles. The fourth-order valence-electron chi connectivity index (χ4n) is 1.65. The number of carbonyl (C=O) groups is 1. The van der Waals surface area contributed by atoms with E-state index in [4.69, 9.17) is 15.3 Å². The molecule has 1 aromatic carbocycles. The minimum absolute atomic E-state index is 0.267. The van der Waals surface area contributed by atoms with E-state index in [0.717, 1.165) is 14.5 Å². The molecule has 0 saturated heterocycles. The number of amides is 1. The molecular formula is C13H12Br2N2O3S. The van der Waals surface area contributed by atoms with Crippen molar-refractivity contribution in [3.8, 4) is 11.5 Å². The van der Waals surface area contributed by atoms with Gasteiger partial charge in [-0.25, -0.2) is 5.84 Å². The molecular weight excluding hydrogens is 424 g/mol. The number of hydrazine groups is 1. The van der Waals surface area contributed by atoms with Crippen LogP contribution in [0.3, 0.4) is 0 Å². The Hall–Kier alpha value is -1.09. The lowest BCUT2D eigenvalue weighted by Crippen LogP contribution is -2.30. The molecule has 8 heteroatoms. The minimum atomic E-state index is -0.321. The van der Waals surface area contributed by atoms with Crippen LogP contribution in [0.15, 0.2) is 32.5 Å². The van der Waals surface area contributed by atoms with Gasteiger partial charge in [0, 0.05) is 5.56 Å². The smallest absolute Gasteiger partial charge is 0.275 e. The summed E-state index contributed by atoms with van der Waals surface area (Å²) in [5.74, 6) is 6.18. The van der Waals surface area contributed by atoms with Crippen LogP contribution in [0.25, 0.3) is 0 Å². The Balaban J connectivity index is 2.16. The molecule has 0 atom stereocenters. The molecule has 21 heavy (non-hydrogen) atoms. The fourth-order valence-corrected chi connectivity index (χ4v) is 3.38. The number of benzene rings is 1. The van der Waals surface area contributed by atoms with Crippen molar-refractivity contribution in [2.45, 2.75) is 6.61 Å². The molecule has 0 aliphatic carbocycles. The molecule has 2 aromatic rings. The highest BCUT2D eigenvalue weighted by atomic mass is 79.9. The van der Waals surface area contributed by atoms with Crippen LogP contribution < -0.4 is 20.7 Å². The van der Waals surface area contributed by atoms with Crippen molar-refractivity contribution < 1.29 is 14.3 Å². The van der Waals surface area contributed by atoms with E-state index >= 15 is 0 Å². The summed E-state index contributed by atoms with van der Waals surface area (Å²) in [6, 6.07) is 5.44. The molecule has 2 rings (SSSR count). The molecule has 112 valence electrons. The van der Waals surface area contributed by atoms with Gasteiger partial charge in [-0.1, -0.05) is 0 Å². The summed E-state index contributed by atoms with van der Waals surface area (Å²) < 4.78 is 12.5. The van der Waals surface area contributed by atoms with Gasteiger partial charge in [-0.05, 0) is 55.4 Å². The summed E-state index contributed by atoms with van der Waals surface area (Å²) in [6.45, 7) is 0.267. The number of rotatable bonds is 5. The van der Waals surface area contributed by atoms with E-state index in [1.807, 2.05) is 11.4 Å². The van der Waals surface area contributed by atoms with Gasteiger partial charge in [0.2, 0.25) is 0 Å². The number of thiophene rings is 1. The second kappa shape index (κ2) is 7.26. The van der Waals surface area contributed by atoms with Gasteiger partial charge in [0.05, 0.1) is 20.9 Å². The average molecular weight is 436 g/mol. The van der Waals surface area contributed by atoms with E-state index in [9.17, 15) is 4.79 Å². The van der Waals surface area contributed by atoms with Gasteiger partial charge in [-0.3, -0.25) is 10.2 Å². The monoisotopic (exact) mass is 434 g/mol. The van der Waals surface area contributed by atoms with Gasteiger partial charge in [-0.2, -0.15) is 0 Å². The van der Waals surface area contributed by atoms with Gasteiger partial charge >= 0.3 is 0 Å². The lowest BCUT2D eigenvalue weighted by molar-refractivity contribution is 0.0955. The van der Waals surface area contributed by atoms with E-state index < -0.39 is 0 Å². The van der Waals surface area contributed by atoms with Crippen molar-refractivity contribution in [3.63, 3.8) is 0 Å². The maximum atomic E-state index is 11.6. The third-order valence-electron chi connectivity index (χ3n) is 2.67. The second-order valence-corrected chi connectivity index (χ2v) is 6.58. The first kappa shape index (κ1) is 16.3. The molecule has 3 N–H and O–H groups in total. The summed E-state index contributed by atoms with van der Waals surface area (Å²) in [5, 5.41) is 1.82. The summed E-state index contributed by atoms with van der Waals surface area (Å²) >= 11 is 8.15. The van der Waals surface area contributed by atoms with Crippen LogP contribution in [0.1, 0.15) is 15.2 Å². The Kier molecular flexibility index (Phi) is 5.63. The Labute approximate surface area is 142 Å². The maximum absolute atomic E-state index is 11.6. The molecule has 0 radical (unpaired) electrons. The van der Waals surface area contributed by atoms with Crippen molar-refractivity contribution in [2.75, 3.05) is 7.11 Å². The molecule has 0 aliphatic heterocycles. The predicted octanol–water partition coefficient (Wildman–Crippen LogP) is 3.46. The SMILES string of the molecule is COc1cc(Br)c(OCc2ccsc2C(=O)NN)cc1Br. The van der Waals surface area contributed by atoms with Gasteiger partial charge in [0.25, 0.3) is 5.91 Å². The van der Waals surface area contributed by atoms with Gasteiger partial charge in [-0.15, -0.1) is 11.3 Å². The summed E-state index contributed by atoms with van der Waals surface area (Å²) in [6.07, 6.45) is 0. The topological polar surface area (TPSA) is 73.6 Å². The summed E-state index contributed by atoms with van der Waals surface area (Å²) in [7, 11) is 1.59. The van der Waals surface area contributed by atoms with Crippen LogP contribution in [-0.2, 0) is 6.61 Å². The molecule has 1 amide bonds. The third-order valence-corrected chi connectivity index (χ3v) is 4.87. The van der Waals surface area contributed by atoms with Crippen LogP contribution in [0.5, 0.6) is 11.5 Å². The lowest BCUT2D eigenvalue weighted by Gasteiger charge is -2.11. The largest absolute Gasteiger partial charge is 0.496 e. The predicted molar refractivity (Wildman–Crippen MR) is 88.7 cm³/mol. The number of nitrogens with one attached hydrogen (secondary N) is 1. The van der Waals surface area contributed by atoms with E-state index in [-0.39, 0.29) is 12.5 Å². The minimum Gasteiger partial charge on any atom is -0.496 e. The van der Waals surface area contributed by atoms with Gasteiger partial charge in [0.1, 0.15) is 18.1 Å². The van der Waals surface area contributed by atoms with E-state index in [1.54, 1.807) is 19.2 Å². The molecule has 0 fully saturated rings. The molecule has 0 aliphatic rings. The highest BCUT2D eigenvalue weighted by Gasteiger charge is 2.14. The number of ether oxygens (including phenoxy) is 2. The zero-order valence-electron chi connectivity index (χ0n) is 11.0. The van der Waals surface area contributed by atoms with Gasteiger partial charge < -0.3 is 9.47 Å². The third kappa shape index (κ3) is 3.76. The number of nitrogens with two attached hydrogens (primary N) is 1. The zero-order chi connectivity index (χ0) is 15.4. The number of nitrogen functional groups attached to an aromatic ring is 1. The number of halogens is 2. The Morgan fingerprint density at radius 2 is 2.00 bits per heavy atom. The lowest BCUT2D eigenvalue weighted by atomic mass is 10.2. The van der Waals surface area contributed by atoms with Crippen LogP contribution in [-0.4, -0.2) is 13.0 Å². The maximum Gasteiger partial charge on any atom is 0.275 e. The second-order valence-electron chi connectivity index (χ2n) is 3.95. The quantitative estimate of drug-likeness (QED) is 0.428. The normalized spacial score (nSPS) is 10.3. The summed E-state index contributed by atoms with van der Waals surface area (Å²) in [4.78, 5) is 12.1. The highest BCUT2D eigenvalue weighted by Crippen LogP contribution is 2.36. The number of methoxy groups -OCH3 is 1. The molecule has 0 spiro atoms. The first-order valence-electron chi connectivity index (χ1n) is 5.80. The average Bonchev–Trinajstić information content (AvgIpc) is 2.95. The van der Waals surface area contributed by atoms with Crippen LogP contribution in [0.4, 0.5) is 0 Å². The van der Waals surface area contributed by atoms with Crippen molar-refractivity contribution in [2.24, 2.45) is 5.84 Å². The first-order chi connectivity index (χ1) is 10.1. The Bertz CT molecular complexity index is 661. The molecule has 0 bridgehead atoms. The van der Waals surface area contributed by atoms with Crippen LogP contribution in [0.2, 0.25) is 0 Å². The van der Waals surface area contributed by atoms with E-state index in [1.165, 1.54) is 11.3 Å².